The summed E-state index contributed by atoms with van der Waals surface area (Å²) in [6.07, 6.45) is 0.820. The van der Waals surface area contributed by atoms with Crippen LogP contribution in [0.5, 0.6) is 0 Å². The Bertz CT molecular complexity index is 597. The lowest BCUT2D eigenvalue weighted by molar-refractivity contribution is 0.989. The molecule has 0 radical (unpaired) electrons. The summed E-state index contributed by atoms with van der Waals surface area (Å²) in [5.74, 6) is 0.696. The molecule has 0 amide bonds. The van der Waals surface area contributed by atoms with Gasteiger partial charge in [-0.15, -0.1) is 0 Å². The van der Waals surface area contributed by atoms with Crippen LogP contribution < -0.4 is 0 Å². The Morgan fingerprint density at radius 3 is 2.61 bits per heavy atom. The molecule has 0 saturated heterocycles. The van der Waals surface area contributed by atoms with Crippen LogP contribution in [0.3, 0.4) is 0 Å². The number of nitrogens with zero attached hydrogens (tertiary/aromatic N) is 2. The standard InChI is InChI=1S/C14H14BrClN2/c1-4-11-12(15)13(16)18-14(17-11)10-7-5-6-8(2)9(10)3/h5-7H,4H2,1-3H3. The Hall–Kier alpha value is -0.930. The van der Waals surface area contributed by atoms with Gasteiger partial charge in [-0.05, 0) is 47.3 Å². The van der Waals surface area contributed by atoms with E-state index in [4.69, 9.17) is 11.6 Å². The zero-order valence-corrected chi connectivity index (χ0v) is 12.9. The first-order chi connectivity index (χ1) is 8.54. The molecule has 2 nitrogen and oxygen atoms in total. The molecule has 2 rings (SSSR count). The van der Waals surface area contributed by atoms with Crippen molar-refractivity contribution >= 4 is 27.5 Å². The number of halogens is 2. The highest BCUT2D eigenvalue weighted by atomic mass is 79.9. The average molecular weight is 326 g/mol. The zero-order chi connectivity index (χ0) is 13.3. The highest BCUT2D eigenvalue weighted by Crippen LogP contribution is 2.29. The van der Waals surface area contributed by atoms with E-state index in [-0.39, 0.29) is 0 Å². The van der Waals surface area contributed by atoms with Gasteiger partial charge in [0.15, 0.2) is 5.82 Å². The van der Waals surface area contributed by atoms with E-state index in [1.807, 2.05) is 12.1 Å². The van der Waals surface area contributed by atoms with Gasteiger partial charge in [0.2, 0.25) is 0 Å². The number of hydrogen-bond donors (Lipinski definition) is 0. The molecule has 18 heavy (non-hydrogen) atoms. The Morgan fingerprint density at radius 2 is 1.94 bits per heavy atom. The Balaban J connectivity index is 2.64. The highest BCUT2D eigenvalue weighted by Gasteiger charge is 2.12. The molecule has 2 aromatic rings. The summed E-state index contributed by atoms with van der Waals surface area (Å²) in [6.45, 7) is 6.21. The molecule has 1 heterocycles. The Morgan fingerprint density at radius 1 is 1.22 bits per heavy atom. The minimum absolute atomic E-state index is 0.470. The van der Waals surface area contributed by atoms with Gasteiger partial charge in [-0.1, -0.05) is 36.7 Å². The van der Waals surface area contributed by atoms with Crippen molar-refractivity contribution in [2.24, 2.45) is 0 Å². The summed E-state index contributed by atoms with van der Waals surface area (Å²) in [5, 5.41) is 0.470. The smallest absolute Gasteiger partial charge is 0.161 e. The van der Waals surface area contributed by atoms with Gasteiger partial charge >= 0.3 is 0 Å². The molecule has 1 aromatic carbocycles. The monoisotopic (exact) mass is 324 g/mol. The van der Waals surface area contributed by atoms with E-state index in [9.17, 15) is 0 Å². The Labute approximate surface area is 121 Å². The first-order valence-electron chi connectivity index (χ1n) is 5.83. The van der Waals surface area contributed by atoms with Crippen LogP contribution in [0.4, 0.5) is 0 Å². The van der Waals surface area contributed by atoms with Crippen molar-refractivity contribution in [1.29, 1.82) is 0 Å². The van der Waals surface area contributed by atoms with Crippen molar-refractivity contribution in [3.05, 3.63) is 44.6 Å². The lowest BCUT2D eigenvalue weighted by Gasteiger charge is -2.10. The van der Waals surface area contributed by atoms with E-state index < -0.39 is 0 Å². The Kier molecular flexibility index (Phi) is 4.03. The minimum atomic E-state index is 0.470. The van der Waals surface area contributed by atoms with Crippen LogP contribution in [0.25, 0.3) is 11.4 Å². The van der Waals surface area contributed by atoms with Crippen molar-refractivity contribution in [2.75, 3.05) is 0 Å². The van der Waals surface area contributed by atoms with E-state index >= 15 is 0 Å². The molecule has 0 aliphatic heterocycles. The summed E-state index contributed by atoms with van der Waals surface area (Å²) >= 11 is 9.56. The average Bonchev–Trinajstić information content (AvgIpc) is 2.36. The molecule has 0 bridgehead atoms. The van der Waals surface area contributed by atoms with Crippen LogP contribution in [-0.2, 0) is 6.42 Å². The van der Waals surface area contributed by atoms with Gasteiger partial charge in [-0.2, -0.15) is 0 Å². The predicted molar refractivity (Wildman–Crippen MR) is 79.0 cm³/mol. The third-order valence-electron chi connectivity index (χ3n) is 3.06. The fourth-order valence-electron chi connectivity index (χ4n) is 1.81. The zero-order valence-electron chi connectivity index (χ0n) is 10.6. The van der Waals surface area contributed by atoms with Gasteiger partial charge in [-0.3, -0.25) is 0 Å². The first kappa shape index (κ1) is 13.5. The van der Waals surface area contributed by atoms with Gasteiger partial charge in [-0.25, -0.2) is 9.97 Å². The summed E-state index contributed by atoms with van der Waals surface area (Å²) < 4.78 is 0.792. The SMILES string of the molecule is CCc1nc(-c2cccc(C)c2C)nc(Cl)c1Br. The summed E-state index contributed by atoms with van der Waals surface area (Å²) in [7, 11) is 0. The van der Waals surface area contributed by atoms with Crippen molar-refractivity contribution < 1.29 is 0 Å². The molecule has 4 heteroatoms. The van der Waals surface area contributed by atoms with E-state index in [0.29, 0.717) is 11.0 Å². The van der Waals surface area contributed by atoms with E-state index in [2.05, 4.69) is 52.7 Å². The maximum absolute atomic E-state index is 6.14. The second-order valence-electron chi connectivity index (χ2n) is 4.20. The second kappa shape index (κ2) is 5.37. The third-order valence-corrected chi connectivity index (χ3v) is 4.39. The lowest BCUT2D eigenvalue weighted by atomic mass is 10.0. The number of rotatable bonds is 2. The third kappa shape index (κ3) is 2.43. The quantitative estimate of drug-likeness (QED) is 0.745. The van der Waals surface area contributed by atoms with Crippen molar-refractivity contribution in [3.63, 3.8) is 0 Å². The summed E-state index contributed by atoms with van der Waals surface area (Å²) in [4.78, 5) is 8.94. The fraction of sp³-hybridized carbons (Fsp3) is 0.286. The molecular formula is C14H14BrClN2. The molecule has 1 aromatic heterocycles. The summed E-state index contributed by atoms with van der Waals surface area (Å²) in [5.41, 5.74) is 4.40. The van der Waals surface area contributed by atoms with Gasteiger partial charge < -0.3 is 0 Å². The van der Waals surface area contributed by atoms with Crippen LogP contribution in [0.2, 0.25) is 5.15 Å². The van der Waals surface area contributed by atoms with Gasteiger partial charge in [0.25, 0.3) is 0 Å². The van der Waals surface area contributed by atoms with Crippen LogP contribution >= 0.6 is 27.5 Å². The maximum atomic E-state index is 6.14. The molecular weight excluding hydrogens is 312 g/mol. The number of aromatic nitrogens is 2. The second-order valence-corrected chi connectivity index (χ2v) is 5.35. The number of hydrogen-bond acceptors (Lipinski definition) is 2. The van der Waals surface area contributed by atoms with Gasteiger partial charge in [0.1, 0.15) is 5.15 Å². The van der Waals surface area contributed by atoms with E-state index in [1.165, 1.54) is 11.1 Å². The minimum Gasteiger partial charge on any atom is -0.232 e. The molecule has 0 aliphatic carbocycles. The van der Waals surface area contributed by atoms with Crippen LogP contribution in [0, 0.1) is 13.8 Å². The van der Waals surface area contributed by atoms with Gasteiger partial charge in [0, 0.05) is 5.56 Å². The van der Waals surface area contributed by atoms with Crippen molar-refractivity contribution in [2.45, 2.75) is 27.2 Å². The predicted octanol–water partition coefficient (Wildman–Crippen LogP) is 4.74. The lowest BCUT2D eigenvalue weighted by Crippen LogP contribution is -1.99. The summed E-state index contributed by atoms with van der Waals surface area (Å²) in [6, 6.07) is 6.13. The van der Waals surface area contributed by atoms with Crippen molar-refractivity contribution in [1.82, 2.24) is 9.97 Å². The largest absolute Gasteiger partial charge is 0.232 e. The molecule has 94 valence electrons. The molecule has 0 spiro atoms. The van der Waals surface area contributed by atoms with Crippen LogP contribution in [-0.4, -0.2) is 9.97 Å². The van der Waals surface area contributed by atoms with Crippen molar-refractivity contribution in [3.8, 4) is 11.4 Å². The topological polar surface area (TPSA) is 25.8 Å². The fourth-order valence-corrected chi connectivity index (χ4v) is 2.46. The molecule has 0 N–H and O–H groups in total. The van der Waals surface area contributed by atoms with Crippen LogP contribution in [0.15, 0.2) is 22.7 Å². The maximum Gasteiger partial charge on any atom is 0.161 e. The molecule has 0 atom stereocenters. The highest BCUT2D eigenvalue weighted by molar-refractivity contribution is 9.10. The number of aryl methyl sites for hydroxylation is 2. The normalized spacial score (nSPS) is 10.7. The molecule has 0 saturated carbocycles. The first-order valence-corrected chi connectivity index (χ1v) is 7.00. The molecule has 0 fully saturated rings. The van der Waals surface area contributed by atoms with E-state index in [0.717, 1.165) is 22.2 Å². The number of benzene rings is 1. The molecule has 0 unspecified atom stereocenters. The molecule has 0 aliphatic rings. The van der Waals surface area contributed by atoms with Crippen LogP contribution in [0.1, 0.15) is 23.7 Å². The van der Waals surface area contributed by atoms with E-state index in [1.54, 1.807) is 0 Å². The van der Waals surface area contributed by atoms with Gasteiger partial charge in [0.05, 0.1) is 10.2 Å².